The van der Waals surface area contributed by atoms with E-state index in [9.17, 15) is 0 Å². The normalized spacial score (nSPS) is 22.5. The predicted octanol–water partition coefficient (Wildman–Crippen LogP) is 3.65. The highest BCUT2D eigenvalue weighted by Crippen LogP contribution is 2.28. The summed E-state index contributed by atoms with van der Waals surface area (Å²) in [6, 6.07) is 0. The average Bonchev–Trinajstić information content (AvgIpc) is 2.39. The summed E-state index contributed by atoms with van der Waals surface area (Å²) in [5.41, 5.74) is 1.62. The summed E-state index contributed by atoms with van der Waals surface area (Å²) >= 11 is 0. The highest BCUT2D eigenvalue weighted by atomic mass is 35.5. The molecule has 114 valence electrons. The fraction of sp³-hybridized carbons (Fsp3) is 0.867. The number of piperazine rings is 1. The molecule has 0 unspecified atom stereocenters. The van der Waals surface area contributed by atoms with Crippen LogP contribution >= 0.6 is 24.8 Å². The second kappa shape index (κ2) is 11.0. The van der Waals surface area contributed by atoms with Gasteiger partial charge in [0.2, 0.25) is 0 Å². The van der Waals surface area contributed by atoms with Crippen molar-refractivity contribution in [1.82, 2.24) is 10.2 Å². The van der Waals surface area contributed by atoms with Crippen molar-refractivity contribution in [3.63, 3.8) is 0 Å². The van der Waals surface area contributed by atoms with E-state index in [2.05, 4.69) is 23.2 Å². The number of allylic oxidation sites excluding steroid dienone is 1. The molecule has 2 aliphatic rings. The van der Waals surface area contributed by atoms with Crippen LogP contribution in [-0.2, 0) is 0 Å². The Labute approximate surface area is 131 Å². The third-order valence-electron chi connectivity index (χ3n) is 4.24. The van der Waals surface area contributed by atoms with Gasteiger partial charge in [0.25, 0.3) is 0 Å². The first-order chi connectivity index (χ1) is 8.34. The lowest BCUT2D eigenvalue weighted by Gasteiger charge is -2.26. The lowest BCUT2D eigenvalue weighted by atomic mass is 9.85. The molecule has 1 heterocycles. The maximum Gasteiger partial charge on any atom is 0.0166 e. The molecule has 0 radical (unpaired) electrons. The Bertz CT molecular complexity index is 245. The van der Waals surface area contributed by atoms with Gasteiger partial charge in [0.1, 0.15) is 0 Å². The molecule has 0 spiro atoms. The number of nitrogens with zero attached hydrogens (tertiary/aromatic N) is 1. The lowest BCUT2D eigenvalue weighted by Crippen LogP contribution is -2.43. The smallest absolute Gasteiger partial charge is 0.0166 e. The minimum Gasteiger partial charge on any atom is -0.314 e. The van der Waals surface area contributed by atoms with Crippen molar-refractivity contribution in [2.45, 2.75) is 45.4 Å². The quantitative estimate of drug-likeness (QED) is 0.798. The average molecular weight is 309 g/mol. The first-order valence-electron chi connectivity index (χ1n) is 7.43. The second-order valence-electron chi connectivity index (χ2n) is 5.81. The molecular weight excluding hydrogens is 279 g/mol. The van der Waals surface area contributed by atoms with E-state index in [0.717, 1.165) is 19.0 Å². The topological polar surface area (TPSA) is 15.3 Å². The van der Waals surface area contributed by atoms with Gasteiger partial charge in [0.15, 0.2) is 0 Å². The molecule has 2 fully saturated rings. The molecule has 4 heteroatoms. The maximum atomic E-state index is 3.41. The summed E-state index contributed by atoms with van der Waals surface area (Å²) in [7, 11) is 0. The van der Waals surface area contributed by atoms with Gasteiger partial charge in [-0.05, 0) is 19.3 Å². The second-order valence-corrected chi connectivity index (χ2v) is 5.81. The third kappa shape index (κ3) is 7.55. The van der Waals surface area contributed by atoms with Crippen LogP contribution in [0.15, 0.2) is 11.6 Å². The number of halogens is 2. The third-order valence-corrected chi connectivity index (χ3v) is 4.24. The van der Waals surface area contributed by atoms with Crippen molar-refractivity contribution >= 4 is 24.8 Å². The summed E-state index contributed by atoms with van der Waals surface area (Å²) in [6.45, 7) is 8.25. The van der Waals surface area contributed by atoms with Gasteiger partial charge in [-0.3, -0.25) is 4.90 Å². The van der Waals surface area contributed by atoms with Gasteiger partial charge in [-0.15, -0.1) is 24.8 Å². The molecule has 1 aliphatic heterocycles. The SMILES string of the molecule is CC(=CCN1CCNCC1)CC1CCCCC1.Cl.Cl. The number of rotatable bonds is 4. The molecule has 1 aliphatic carbocycles. The van der Waals surface area contributed by atoms with E-state index in [-0.39, 0.29) is 24.8 Å². The van der Waals surface area contributed by atoms with E-state index < -0.39 is 0 Å². The van der Waals surface area contributed by atoms with Crippen LogP contribution in [0.1, 0.15) is 45.4 Å². The molecular formula is C15H30Cl2N2. The number of nitrogens with one attached hydrogen (secondary N) is 1. The van der Waals surface area contributed by atoms with E-state index in [0.29, 0.717) is 0 Å². The van der Waals surface area contributed by atoms with Gasteiger partial charge in [-0.1, -0.05) is 43.8 Å². The Kier molecular flexibility index (Phi) is 11.1. The Morgan fingerprint density at radius 2 is 1.74 bits per heavy atom. The van der Waals surface area contributed by atoms with Crippen molar-refractivity contribution < 1.29 is 0 Å². The van der Waals surface area contributed by atoms with Gasteiger partial charge in [-0.2, -0.15) is 0 Å². The molecule has 0 amide bonds. The Balaban J connectivity index is 0.00000162. The molecule has 0 bridgehead atoms. The van der Waals surface area contributed by atoms with Crippen LogP contribution in [0.25, 0.3) is 0 Å². The zero-order chi connectivity index (χ0) is 11.9. The molecule has 0 atom stereocenters. The fourth-order valence-corrected chi connectivity index (χ4v) is 3.11. The van der Waals surface area contributed by atoms with Gasteiger partial charge in [-0.25, -0.2) is 0 Å². The van der Waals surface area contributed by atoms with Crippen molar-refractivity contribution in [3.8, 4) is 0 Å². The largest absolute Gasteiger partial charge is 0.314 e. The van der Waals surface area contributed by atoms with Crippen molar-refractivity contribution in [2.24, 2.45) is 5.92 Å². The molecule has 2 rings (SSSR count). The summed E-state index contributed by atoms with van der Waals surface area (Å²) in [6.07, 6.45) is 11.2. The van der Waals surface area contributed by atoms with Crippen LogP contribution in [0.2, 0.25) is 0 Å². The van der Waals surface area contributed by atoms with Crippen LogP contribution in [0.5, 0.6) is 0 Å². The summed E-state index contributed by atoms with van der Waals surface area (Å²) < 4.78 is 0. The predicted molar refractivity (Wildman–Crippen MR) is 88.8 cm³/mol. The van der Waals surface area contributed by atoms with Crippen molar-refractivity contribution in [1.29, 1.82) is 0 Å². The van der Waals surface area contributed by atoms with Gasteiger partial charge in [0.05, 0.1) is 0 Å². The van der Waals surface area contributed by atoms with Gasteiger partial charge < -0.3 is 5.32 Å². The lowest BCUT2D eigenvalue weighted by molar-refractivity contribution is 0.264. The first kappa shape index (κ1) is 19.2. The summed E-state index contributed by atoms with van der Waals surface area (Å²) in [4.78, 5) is 2.56. The van der Waals surface area contributed by atoms with Gasteiger partial charge >= 0.3 is 0 Å². The Morgan fingerprint density at radius 3 is 2.37 bits per heavy atom. The van der Waals surface area contributed by atoms with Crippen LogP contribution in [0.3, 0.4) is 0 Å². The van der Waals surface area contributed by atoms with Crippen LogP contribution < -0.4 is 5.32 Å². The fourth-order valence-electron chi connectivity index (χ4n) is 3.11. The zero-order valence-electron chi connectivity index (χ0n) is 12.2. The molecule has 0 aromatic heterocycles. The molecule has 2 nitrogen and oxygen atoms in total. The minimum absolute atomic E-state index is 0. The zero-order valence-corrected chi connectivity index (χ0v) is 13.8. The Morgan fingerprint density at radius 1 is 1.11 bits per heavy atom. The van der Waals surface area contributed by atoms with E-state index in [1.165, 1.54) is 58.2 Å². The van der Waals surface area contributed by atoms with Crippen molar-refractivity contribution in [3.05, 3.63) is 11.6 Å². The number of hydrogen-bond donors (Lipinski definition) is 1. The van der Waals surface area contributed by atoms with Crippen LogP contribution in [0, 0.1) is 5.92 Å². The highest BCUT2D eigenvalue weighted by molar-refractivity contribution is 5.85. The molecule has 19 heavy (non-hydrogen) atoms. The van der Waals surface area contributed by atoms with Crippen molar-refractivity contribution in [2.75, 3.05) is 32.7 Å². The number of hydrogen-bond acceptors (Lipinski definition) is 2. The maximum absolute atomic E-state index is 3.41. The molecule has 1 saturated heterocycles. The molecule has 0 aromatic rings. The minimum atomic E-state index is 0. The highest BCUT2D eigenvalue weighted by Gasteiger charge is 2.13. The molecule has 1 N–H and O–H groups in total. The van der Waals surface area contributed by atoms with E-state index in [4.69, 9.17) is 0 Å². The first-order valence-corrected chi connectivity index (χ1v) is 7.43. The van der Waals surface area contributed by atoms with E-state index in [1.54, 1.807) is 5.57 Å². The van der Waals surface area contributed by atoms with Gasteiger partial charge in [0, 0.05) is 32.7 Å². The summed E-state index contributed by atoms with van der Waals surface area (Å²) in [5, 5.41) is 3.41. The summed E-state index contributed by atoms with van der Waals surface area (Å²) in [5.74, 6) is 0.989. The van der Waals surface area contributed by atoms with E-state index in [1.807, 2.05) is 0 Å². The molecule has 1 saturated carbocycles. The molecule has 0 aromatic carbocycles. The van der Waals surface area contributed by atoms with E-state index >= 15 is 0 Å². The van der Waals surface area contributed by atoms with Crippen LogP contribution in [-0.4, -0.2) is 37.6 Å². The monoisotopic (exact) mass is 308 g/mol. The Hall–Kier alpha value is 0.240. The van der Waals surface area contributed by atoms with Crippen LogP contribution in [0.4, 0.5) is 0 Å². The standard InChI is InChI=1S/C15H28N2.2ClH/c1-14(13-15-5-3-2-4-6-15)7-10-17-11-8-16-9-12-17;;/h7,15-16H,2-6,8-13H2,1H3;2*1H.